The first-order valence-corrected chi connectivity index (χ1v) is 4.52. The number of imidazole rings is 1. The van der Waals surface area contributed by atoms with Crippen LogP contribution in [0.4, 0.5) is 5.95 Å². The van der Waals surface area contributed by atoms with Crippen molar-refractivity contribution in [3.05, 3.63) is 23.0 Å². The largest absolute Gasteiger partial charge is 0.460 e. The Bertz CT molecular complexity index is 472. The molecule has 0 amide bonds. The Balaban J connectivity index is 2.57. The van der Waals surface area contributed by atoms with Crippen LogP contribution in [0.5, 0.6) is 0 Å². The van der Waals surface area contributed by atoms with Gasteiger partial charge in [0.05, 0.1) is 0 Å². The van der Waals surface area contributed by atoms with Gasteiger partial charge < -0.3 is 14.7 Å². The molecule has 0 aromatic carbocycles. The average Bonchev–Trinajstić information content (AvgIpc) is 2.66. The predicted octanol–water partition coefficient (Wildman–Crippen LogP) is 2.22. The van der Waals surface area contributed by atoms with E-state index < -0.39 is 0 Å². The maximum atomic E-state index is 6.02. The Labute approximate surface area is 86.3 Å². The molecular weight excluding hydrogens is 202 g/mol. The van der Waals surface area contributed by atoms with Crippen molar-refractivity contribution in [3.63, 3.8) is 0 Å². The van der Waals surface area contributed by atoms with Crippen LogP contribution in [0.2, 0.25) is 5.15 Å². The normalized spacial score (nSPS) is 10.8. The molecular formula is C9H10ClN3O. The van der Waals surface area contributed by atoms with Gasteiger partial charge in [0, 0.05) is 7.05 Å². The van der Waals surface area contributed by atoms with E-state index in [1.165, 1.54) is 0 Å². The van der Waals surface area contributed by atoms with E-state index in [0.717, 1.165) is 5.76 Å². The van der Waals surface area contributed by atoms with Gasteiger partial charge in [-0.05, 0) is 19.1 Å². The molecule has 2 rings (SSSR count). The van der Waals surface area contributed by atoms with Crippen molar-refractivity contribution in [2.75, 3.05) is 5.73 Å². The van der Waals surface area contributed by atoms with Crippen LogP contribution in [-0.2, 0) is 7.05 Å². The summed E-state index contributed by atoms with van der Waals surface area (Å²) in [5.41, 5.74) is 6.19. The zero-order valence-electron chi connectivity index (χ0n) is 7.91. The highest BCUT2D eigenvalue weighted by Gasteiger charge is 2.15. The fourth-order valence-corrected chi connectivity index (χ4v) is 1.44. The monoisotopic (exact) mass is 211 g/mol. The number of furan rings is 1. The van der Waals surface area contributed by atoms with Crippen LogP contribution in [0.1, 0.15) is 5.76 Å². The molecule has 4 nitrogen and oxygen atoms in total. The summed E-state index contributed by atoms with van der Waals surface area (Å²) in [4.78, 5) is 4.11. The molecule has 0 aliphatic heterocycles. The quantitative estimate of drug-likeness (QED) is 0.787. The number of nitrogens with zero attached hydrogens (tertiary/aromatic N) is 2. The van der Waals surface area contributed by atoms with Gasteiger partial charge in [-0.3, -0.25) is 0 Å². The van der Waals surface area contributed by atoms with Crippen LogP contribution in [-0.4, -0.2) is 9.55 Å². The lowest BCUT2D eigenvalue weighted by atomic mass is 10.3. The van der Waals surface area contributed by atoms with Crippen LogP contribution < -0.4 is 5.73 Å². The molecule has 0 radical (unpaired) electrons. The third-order valence-corrected chi connectivity index (χ3v) is 2.47. The van der Waals surface area contributed by atoms with E-state index in [1.54, 1.807) is 11.6 Å². The highest BCUT2D eigenvalue weighted by atomic mass is 35.5. The summed E-state index contributed by atoms with van der Waals surface area (Å²) < 4.78 is 7.01. The van der Waals surface area contributed by atoms with Crippen molar-refractivity contribution in [3.8, 4) is 11.5 Å². The predicted molar refractivity (Wildman–Crippen MR) is 55.1 cm³/mol. The first kappa shape index (κ1) is 9.15. The van der Waals surface area contributed by atoms with Crippen molar-refractivity contribution in [1.82, 2.24) is 9.55 Å². The summed E-state index contributed by atoms with van der Waals surface area (Å²) in [5, 5.41) is 0.483. The molecule has 0 fully saturated rings. The maximum Gasteiger partial charge on any atom is 0.201 e. The zero-order valence-corrected chi connectivity index (χ0v) is 8.67. The Morgan fingerprint density at radius 1 is 1.50 bits per heavy atom. The second-order valence-electron chi connectivity index (χ2n) is 3.08. The molecule has 2 heterocycles. The Hall–Kier alpha value is -1.42. The number of nitrogens with two attached hydrogens (primary N) is 1. The van der Waals surface area contributed by atoms with Crippen molar-refractivity contribution < 1.29 is 4.42 Å². The molecule has 0 bridgehead atoms. The molecule has 0 saturated carbocycles. The fraction of sp³-hybridized carbons (Fsp3) is 0.222. The second-order valence-corrected chi connectivity index (χ2v) is 3.44. The summed E-state index contributed by atoms with van der Waals surface area (Å²) in [6.07, 6.45) is 0. The lowest BCUT2D eigenvalue weighted by Gasteiger charge is -1.94. The Morgan fingerprint density at radius 2 is 2.21 bits per heavy atom. The van der Waals surface area contributed by atoms with Gasteiger partial charge >= 0.3 is 0 Å². The van der Waals surface area contributed by atoms with Crippen LogP contribution >= 0.6 is 11.6 Å². The van der Waals surface area contributed by atoms with E-state index >= 15 is 0 Å². The van der Waals surface area contributed by atoms with Crippen molar-refractivity contribution >= 4 is 17.5 Å². The number of halogens is 1. The maximum absolute atomic E-state index is 6.02. The van der Waals surface area contributed by atoms with E-state index in [0.29, 0.717) is 22.6 Å². The molecule has 2 aromatic heterocycles. The van der Waals surface area contributed by atoms with Crippen LogP contribution in [0.25, 0.3) is 11.5 Å². The minimum Gasteiger partial charge on any atom is -0.460 e. The van der Waals surface area contributed by atoms with Crippen LogP contribution in [0.15, 0.2) is 16.5 Å². The highest BCUT2D eigenvalue weighted by Crippen LogP contribution is 2.29. The molecule has 0 aliphatic carbocycles. The Morgan fingerprint density at radius 3 is 2.64 bits per heavy atom. The number of hydrogen-bond donors (Lipinski definition) is 1. The molecule has 5 heteroatoms. The van der Waals surface area contributed by atoms with E-state index in [4.69, 9.17) is 21.8 Å². The van der Waals surface area contributed by atoms with Gasteiger partial charge in [0.1, 0.15) is 16.6 Å². The minimum atomic E-state index is 0.374. The summed E-state index contributed by atoms with van der Waals surface area (Å²) in [6.45, 7) is 1.86. The van der Waals surface area contributed by atoms with Crippen molar-refractivity contribution in [2.45, 2.75) is 6.92 Å². The molecule has 0 aliphatic rings. The van der Waals surface area contributed by atoms with Gasteiger partial charge in [-0.25, -0.2) is 4.98 Å². The highest BCUT2D eigenvalue weighted by molar-refractivity contribution is 6.32. The zero-order chi connectivity index (χ0) is 10.3. The molecule has 14 heavy (non-hydrogen) atoms. The minimum absolute atomic E-state index is 0.374. The molecule has 0 saturated heterocycles. The van der Waals surface area contributed by atoms with Crippen molar-refractivity contribution in [1.29, 1.82) is 0 Å². The molecule has 0 atom stereocenters. The number of nitrogen functional groups attached to an aromatic ring is 1. The van der Waals surface area contributed by atoms with Gasteiger partial charge in [0.15, 0.2) is 5.76 Å². The van der Waals surface area contributed by atoms with Crippen LogP contribution in [0, 0.1) is 6.92 Å². The van der Waals surface area contributed by atoms with E-state index in [-0.39, 0.29) is 0 Å². The molecule has 74 valence electrons. The van der Waals surface area contributed by atoms with Gasteiger partial charge in [-0.1, -0.05) is 11.6 Å². The molecule has 0 unspecified atom stereocenters. The second kappa shape index (κ2) is 3.06. The molecule has 0 spiro atoms. The van der Waals surface area contributed by atoms with Crippen LogP contribution in [0.3, 0.4) is 0 Å². The number of rotatable bonds is 1. The molecule has 2 N–H and O–H groups in total. The van der Waals surface area contributed by atoms with E-state index in [1.807, 2.05) is 19.1 Å². The summed E-state index contributed by atoms with van der Waals surface area (Å²) >= 11 is 6.02. The van der Waals surface area contributed by atoms with Crippen molar-refractivity contribution in [2.24, 2.45) is 7.05 Å². The Kier molecular flexibility index (Phi) is 2.00. The number of hydrogen-bond acceptors (Lipinski definition) is 3. The number of anilines is 1. The standard InChI is InChI=1S/C9H10ClN3O/c1-5-3-4-6(14-5)7-8(10)13(2)9(11)12-7/h3-4H,1-2H3,(H2,11,12). The lowest BCUT2D eigenvalue weighted by molar-refractivity contribution is 0.546. The summed E-state index contributed by atoms with van der Waals surface area (Å²) in [5.74, 6) is 1.83. The third kappa shape index (κ3) is 1.28. The van der Waals surface area contributed by atoms with Gasteiger partial charge in [-0.2, -0.15) is 0 Å². The van der Waals surface area contributed by atoms with E-state index in [2.05, 4.69) is 4.98 Å². The topological polar surface area (TPSA) is 57.0 Å². The first-order chi connectivity index (χ1) is 6.59. The smallest absolute Gasteiger partial charge is 0.201 e. The SMILES string of the molecule is Cc1ccc(-c2nc(N)n(C)c2Cl)o1. The molecule has 2 aromatic rings. The van der Waals surface area contributed by atoms with Gasteiger partial charge in [-0.15, -0.1) is 0 Å². The van der Waals surface area contributed by atoms with E-state index in [9.17, 15) is 0 Å². The lowest BCUT2D eigenvalue weighted by Crippen LogP contribution is -1.96. The summed E-state index contributed by atoms with van der Waals surface area (Å²) in [6, 6.07) is 3.68. The third-order valence-electron chi connectivity index (χ3n) is 2.03. The van der Waals surface area contributed by atoms with Gasteiger partial charge in [0.25, 0.3) is 0 Å². The average molecular weight is 212 g/mol. The first-order valence-electron chi connectivity index (χ1n) is 4.14. The summed E-state index contributed by atoms with van der Waals surface area (Å²) in [7, 11) is 1.75. The number of aryl methyl sites for hydroxylation is 1. The fourth-order valence-electron chi connectivity index (χ4n) is 1.21. The van der Waals surface area contributed by atoms with Gasteiger partial charge in [0.2, 0.25) is 5.95 Å². The number of aromatic nitrogens is 2.